The number of carbonyl (C=O) groups excluding carboxylic acids is 1. The minimum atomic E-state index is 0.0260. The first kappa shape index (κ1) is 13.4. The molecule has 0 aromatic carbocycles. The molecule has 1 rings (SSSR count). The van der Waals surface area contributed by atoms with Crippen LogP contribution in [0, 0.1) is 5.92 Å². The van der Waals surface area contributed by atoms with Gasteiger partial charge in [0, 0.05) is 11.8 Å². The number of thioether (sulfide) groups is 1. The Balaban J connectivity index is 2.18. The Hall–Kier alpha value is -0.710. The van der Waals surface area contributed by atoms with E-state index in [0.29, 0.717) is 24.3 Å². The number of nitrogens with one attached hydrogen (secondary N) is 2. The number of hydrogen-bond donors (Lipinski definition) is 2. The highest BCUT2D eigenvalue weighted by atomic mass is 32.2. The number of aliphatic imine (C=N–C) groups is 1. The fraction of sp³-hybridized carbons (Fsp3) is 0.818. The molecule has 0 bridgehead atoms. The maximum atomic E-state index is 11.2. The van der Waals surface area contributed by atoms with Crippen molar-refractivity contribution in [2.75, 3.05) is 19.6 Å². The minimum Gasteiger partial charge on any atom is -0.356 e. The second-order valence-electron chi connectivity index (χ2n) is 4.32. The Kier molecular flexibility index (Phi) is 5.66. The van der Waals surface area contributed by atoms with Gasteiger partial charge in [0.25, 0.3) is 0 Å². The molecule has 2 N–H and O–H groups in total. The molecule has 1 heterocycles. The maximum absolute atomic E-state index is 11.2. The smallest absolute Gasteiger partial charge is 0.239 e. The van der Waals surface area contributed by atoms with Crippen molar-refractivity contribution in [3.8, 4) is 0 Å². The Morgan fingerprint density at radius 1 is 1.62 bits per heavy atom. The number of amidine groups is 1. The van der Waals surface area contributed by atoms with E-state index in [0.717, 1.165) is 11.7 Å². The molecular formula is C11H21N3OS. The van der Waals surface area contributed by atoms with Crippen molar-refractivity contribution in [2.24, 2.45) is 10.9 Å². The van der Waals surface area contributed by atoms with E-state index in [-0.39, 0.29) is 5.91 Å². The zero-order valence-electron chi connectivity index (χ0n) is 10.2. The molecule has 92 valence electrons. The Bertz CT molecular complexity index is 266. The van der Waals surface area contributed by atoms with E-state index in [2.05, 4.69) is 29.5 Å². The van der Waals surface area contributed by atoms with Crippen LogP contribution < -0.4 is 10.6 Å². The molecule has 4 nitrogen and oxygen atoms in total. The summed E-state index contributed by atoms with van der Waals surface area (Å²) in [5.41, 5.74) is 0. The maximum Gasteiger partial charge on any atom is 0.239 e. The summed E-state index contributed by atoms with van der Waals surface area (Å²) in [6.07, 6.45) is 1.18. The SMILES string of the molecule is CCNC(=O)CNC1=NCC(CC(C)C)S1. The van der Waals surface area contributed by atoms with Crippen LogP contribution in [-0.2, 0) is 4.79 Å². The Labute approximate surface area is 102 Å². The van der Waals surface area contributed by atoms with Crippen LogP contribution >= 0.6 is 11.8 Å². The van der Waals surface area contributed by atoms with Crippen LogP contribution in [0.2, 0.25) is 0 Å². The fourth-order valence-corrected chi connectivity index (χ4v) is 2.83. The number of nitrogens with zero attached hydrogens (tertiary/aromatic N) is 1. The molecule has 0 aliphatic carbocycles. The van der Waals surface area contributed by atoms with Crippen molar-refractivity contribution < 1.29 is 4.79 Å². The van der Waals surface area contributed by atoms with Gasteiger partial charge in [-0.25, -0.2) is 0 Å². The molecule has 0 saturated heterocycles. The number of carbonyl (C=O) groups is 1. The van der Waals surface area contributed by atoms with E-state index in [1.807, 2.05) is 6.92 Å². The zero-order valence-corrected chi connectivity index (χ0v) is 11.1. The summed E-state index contributed by atoms with van der Waals surface area (Å²) in [5.74, 6) is 0.730. The molecule has 0 spiro atoms. The number of rotatable bonds is 5. The van der Waals surface area contributed by atoms with Gasteiger partial charge >= 0.3 is 0 Å². The third-order valence-corrected chi connectivity index (χ3v) is 3.40. The average molecular weight is 243 g/mol. The molecule has 1 amide bonds. The summed E-state index contributed by atoms with van der Waals surface area (Å²) >= 11 is 1.76. The summed E-state index contributed by atoms with van der Waals surface area (Å²) in [6, 6.07) is 0. The van der Waals surface area contributed by atoms with Crippen LogP contribution in [0.25, 0.3) is 0 Å². The Morgan fingerprint density at radius 3 is 3.00 bits per heavy atom. The standard InChI is InChI=1S/C11H21N3OS/c1-4-12-10(15)7-14-11-13-6-9(16-11)5-8(2)3/h8-9H,4-7H2,1-3H3,(H,12,15)(H,13,14). The predicted octanol–water partition coefficient (Wildman–Crippen LogP) is 1.23. The van der Waals surface area contributed by atoms with Crippen molar-refractivity contribution in [3.63, 3.8) is 0 Å². The summed E-state index contributed by atoms with van der Waals surface area (Å²) in [4.78, 5) is 15.6. The van der Waals surface area contributed by atoms with Crippen LogP contribution in [0.5, 0.6) is 0 Å². The van der Waals surface area contributed by atoms with E-state index >= 15 is 0 Å². The van der Waals surface area contributed by atoms with E-state index in [1.165, 1.54) is 6.42 Å². The second kappa shape index (κ2) is 6.78. The van der Waals surface area contributed by atoms with Crippen molar-refractivity contribution in [2.45, 2.75) is 32.4 Å². The summed E-state index contributed by atoms with van der Waals surface area (Å²) in [7, 11) is 0. The van der Waals surface area contributed by atoms with Crippen molar-refractivity contribution >= 4 is 22.8 Å². The Morgan fingerprint density at radius 2 is 2.38 bits per heavy atom. The van der Waals surface area contributed by atoms with Gasteiger partial charge in [-0.1, -0.05) is 25.6 Å². The number of hydrogen-bond acceptors (Lipinski definition) is 4. The van der Waals surface area contributed by atoms with E-state index in [9.17, 15) is 4.79 Å². The van der Waals surface area contributed by atoms with Gasteiger partial charge < -0.3 is 10.6 Å². The van der Waals surface area contributed by atoms with Crippen LogP contribution in [0.3, 0.4) is 0 Å². The second-order valence-corrected chi connectivity index (χ2v) is 5.61. The molecule has 1 unspecified atom stereocenters. The lowest BCUT2D eigenvalue weighted by Crippen LogP contribution is -2.35. The average Bonchev–Trinajstić information content (AvgIpc) is 2.62. The molecular weight excluding hydrogens is 222 g/mol. The first-order chi connectivity index (χ1) is 7.61. The molecule has 0 saturated carbocycles. The van der Waals surface area contributed by atoms with Gasteiger partial charge in [0.2, 0.25) is 5.91 Å². The van der Waals surface area contributed by atoms with Gasteiger partial charge in [-0.2, -0.15) is 0 Å². The molecule has 0 aromatic heterocycles. The van der Waals surface area contributed by atoms with Crippen LogP contribution in [0.1, 0.15) is 27.2 Å². The van der Waals surface area contributed by atoms with Gasteiger partial charge in [0.15, 0.2) is 5.17 Å². The van der Waals surface area contributed by atoms with Gasteiger partial charge in [0.05, 0.1) is 13.1 Å². The first-order valence-electron chi connectivity index (χ1n) is 5.83. The number of likely N-dealkylation sites (N-methyl/N-ethyl adjacent to an activating group) is 1. The highest BCUT2D eigenvalue weighted by molar-refractivity contribution is 8.14. The van der Waals surface area contributed by atoms with Crippen LogP contribution in [0.4, 0.5) is 0 Å². The van der Waals surface area contributed by atoms with E-state index in [1.54, 1.807) is 11.8 Å². The predicted molar refractivity (Wildman–Crippen MR) is 69.8 cm³/mol. The third kappa shape index (κ3) is 4.88. The summed E-state index contributed by atoms with van der Waals surface area (Å²) in [6.45, 7) is 8.24. The van der Waals surface area contributed by atoms with E-state index in [4.69, 9.17) is 0 Å². The van der Waals surface area contributed by atoms with Crippen LogP contribution in [-0.4, -0.2) is 36.0 Å². The monoisotopic (exact) mass is 243 g/mol. The zero-order chi connectivity index (χ0) is 12.0. The normalized spacial score (nSPS) is 19.8. The van der Waals surface area contributed by atoms with Crippen molar-refractivity contribution in [1.29, 1.82) is 0 Å². The summed E-state index contributed by atoms with van der Waals surface area (Å²) in [5, 5.41) is 7.31. The molecule has 16 heavy (non-hydrogen) atoms. The molecule has 1 aliphatic rings. The lowest BCUT2D eigenvalue weighted by molar-refractivity contribution is -0.119. The quantitative estimate of drug-likeness (QED) is 0.763. The molecule has 1 aliphatic heterocycles. The molecule has 1 atom stereocenters. The van der Waals surface area contributed by atoms with Gasteiger partial charge in [-0.3, -0.25) is 9.79 Å². The topological polar surface area (TPSA) is 53.5 Å². The van der Waals surface area contributed by atoms with Gasteiger partial charge in [-0.15, -0.1) is 0 Å². The van der Waals surface area contributed by atoms with Crippen molar-refractivity contribution in [3.05, 3.63) is 0 Å². The minimum absolute atomic E-state index is 0.0260. The molecule has 0 aromatic rings. The fourth-order valence-electron chi connectivity index (χ4n) is 1.58. The molecule has 5 heteroatoms. The molecule has 0 radical (unpaired) electrons. The third-order valence-electron chi connectivity index (χ3n) is 2.23. The first-order valence-corrected chi connectivity index (χ1v) is 6.71. The van der Waals surface area contributed by atoms with Gasteiger partial charge in [-0.05, 0) is 19.3 Å². The lowest BCUT2D eigenvalue weighted by Gasteiger charge is -2.11. The number of amides is 1. The molecule has 0 fully saturated rings. The summed E-state index contributed by atoms with van der Waals surface area (Å²) < 4.78 is 0. The van der Waals surface area contributed by atoms with Gasteiger partial charge in [0.1, 0.15) is 0 Å². The van der Waals surface area contributed by atoms with E-state index < -0.39 is 0 Å². The van der Waals surface area contributed by atoms with Crippen molar-refractivity contribution in [1.82, 2.24) is 10.6 Å². The largest absolute Gasteiger partial charge is 0.356 e. The van der Waals surface area contributed by atoms with Crippen LogP contribution in [0.15, 0.2) is 4.99 Å². The highest BCUT2D eigenvalue weighted by Crippen LogP contribution is 2.25. The lowest BCUT2D eigenvalue weighted by atomic mass is 10.1. The highest BCUT2D eigenvalue weighted by Gasteiger charge is 2.20.